The summed E-state index contributed by atoms with van der Waals surface area (Å²) in [4.78, 5) is 31.6. The quantitative estimate of drug-likeness (QED) is 0.249. The fourth-order valence-corrected chi connectivity index (χ4v) is 11.6. The zero-order chi connectivity index (χ0) is 24.3. The van der Waals surface area contributed by atoms with Gasteiger partial charge in [0.2, 0.25) is 0 Å². The predicted molar refractivity (Wildman–Crippen MR) is 141 cm³/mol. The van der Waals surface area contributed by atoms with Crippen LogP contribution in [0.5, 0.6) is 0 Å². The van der Waals surface area contributed by atoms with Crippen molar-refractivity contribution in [3.8, 4) is 0 Å². The molecular weight excluding hydrogens is 436 g/mol. The lowest BCUT2D eigenvalue weighted by Gasteiger charge is -2.40. The second-order valence-electron chi connectivity index (χ2n) is 9.82. The van der Waals surface area contributed by atoms with Crippen LogP contribution in [0.3, 0.4) is 0 Å². The molecule has 0 saturated heterocycles. The maximum absolute atomic E-state index is 12.7. The van der Waals surface area contributed by atoms with Gasteiger partial charge in [0.15, 0.2) is 0 Å². The van der Waals surface area contributed by atoms with E-state index < -0.39 is 8.07 Å². The van der Waals surface area contributed by atoms with Crippen LogP contribution in [0.15, 0.2) is 72.9 Å². The molecule has 0 saturated carbocycles. The summed E-state index contributed by atoms with van der Waals surface area (Å²) in [6.45, 7) is 9.85. The highest BCUT2D eigenvalue weighted by atomic mass is 28.3. The summed E-state index contributed by atoms with van der Waals surface area (Å²) in [7, 11) is -2.13. The summed E-state index contributed by atoms with van der Waals surface area (Å²) < 4.78 is 0. The molecule has 34 heavy (non-hydrogen) atoms. The fourth-order valence-electron chi connectivity index (χ4n) is 5.80. The van der Waals surface area contributed by atoms with Crippen molar-refractivity contribution in [1.82, 2.24) is 9.88 Å². The third-order valence-electron chi connectivity index (χ3n) is 7.33. The van der Waals surface area contributed by atoms with E-state index in [1.165, 1.54) is 21.0 Å². The van der Waals surface area contributed by atoms with E-state index in [1.54, 1.807) is 12.1 Å². The van der Waals surface area contributed by atoms with E-state index >= 15 is 0 Å². The fraction of sp³-hybridized carbons (Fsp3) is 0.345. The average Bonchev–Trinajstić information content (AvgIpc) is 3.08. The molecule has 4 rings (SSSR count). The first kappa shape index (κ1) is 24.1. The molecule has 0 aliphatic carbocycles. The molecule has 2 heterocycles. The maximum atomic E-state index is 12.7. The van der Waals surface area contributed by atoms with Crippen LogP contribution in [0.1, 0.15) is 66.8 Å². The number of carbonyl (C=O) groups excluding carboxylic acids is 2. The first-order chi connectivity index (χ1) is 16.4. The van der Waals surface area contributed by atoms with E-state index in [9.17, 15) is 9.59 Å². The molecule has 1 aliphatic heterocycles. The minimum Gasteiger partial charge on any atom is -0.274 e. The molecule has 0 spiro atoms. The zero-order valence-electron chi connectivity index (χ0n) is 20.6. The maximum Gasteiger partial charge on any atom is 0.261 e. The number of hydrogen-bond acceptors (Lipinski definition) is 3. The lowest BCUT2D eigenvalue weighted by molar-refractivity contribution is 0.0652. The Morgan fingerprint density at radius 2 is 1.35 bits per heavy atom. The van der Waals surface area contributed by atoms with E-state index in [-0.39, 0.29) is 11.8 Å². The van der Waals surface area contributed by atoms with E-state index in [0.717, 1.165) is 19.3 Å². The number of imide groups is 1. The SMILES string of the molecule is CC(C)[Si](c1ccccn1)(c1ccccc1CCCCN1C(=O)c2ccccc2C1=O)C(C)C. The van der Waals surface area contributed by atoms with Gasteiger partial charge in [-0.15, -0.1) is 0 Å². The molecule has 1 aromatic heterocycles. The Balaban J connectivity index is 1.53. The summed E-state index contributed by atoms with van der Waals surface area (Å²) in [5.41, 5.74) is 3.43. The Morgan fingerprint density at radius 1 is 0.765 bits per heavy atom. The van der Waals surface area contributed by atoms with Gasteiger partial charge in [0.05, 0.1) is 11.1 Å². The van der Waals surface area contributed by atoms with Crippen molar-refractivity contribution in [1.29, 1.82) is 0 Å². The molecule has 176 valence electrons. The Hall–Kier alpha value is -3.05. The van der Waals surface area contributed by atoms with Crippen LogP contribution in [-0.2, 0) is 6.42 Å². The van der Waals surface area contributed by atoms with Crippen molar-refractivity contribution in [2.45, 2.75) is 58.0 Å². The van der Waals surface area contributed by atoms with E-state index in [2.05, 4.69) is 64.1 Å². The van der Waals surface area contributed by atoms with Crippen molar-refractivity contribution in [3.05, 3.63) is 89.6 Å². The van der Waals surface area contributed by atoms with Crippen LogP contribution in [0.4, 0.5) is 0 Å². The summed E-state index contributed by atoms with van der Waals surface area (Å²) in [5, 5.41) is 2.72. The number of rotatable bonds is 9. The van der Waals surface area contributed by atoms with Crippen molar-refractivity contribution in [3.63, 3.8) is 0 Å². The Labute approximate surface area is 204 Å². The van der Waals surface area contributed by atoms with Crippen molar-refractivity contribution in [2.24, 2.45) is 0 Å². The Kier molecular flexibility index (Phi) is 7.12. The number of carbonyl (C=O) groups is 2. The minimum atomic E-state index is -2.13. The largest absolute Gasteiger partial charge is 0.274 e. The van der Waals surface area contributed by atoms with Gasteiger partial charge in [-0.3, -0.25) is 19.5 Å². The number of pyridine rings is 1. The van der Waals surface area contributed by atoms with Crippen molar-refractivity contribution < 1.29 is 9.59 Å². The molecule has 0 N–H and O–H groups in total. The van der Waals surface area contributed by atoms with Gasteiger partial charge in [0.1, 0.15) is 8.07 Å². The van der Waals surface area contributed by atoms with E-state index in [1.807, 2.05) is 24.4 Å². The van der Waals surface area contributed by atoms with Crippen molar-refractivity contribution >= 4 is 30.4 Å². The molecule has 3 aromatic rings. The smallest absolute Gasteiger partial charge is 0.261 e. The second kappa shape index (κ2) is 10.1. The van der Waals surface area contributed by atoms with Crippen LogP contribution in [0, 0.1) is 0 Å². The number of hydrogen-bond donors (Lipinski definition) is 0. The number of nitrogens with zero attached hydrogens (tertiary/aromatic N) is 2. The molecule has 0 radical (unpaired) electrons. The van der Waals surface area contributed by atoms with Crippen LogP contribution in [0.25, 0.3) is 0 Å². The van der Waals surface area contributed by atoms with Gasteiger partial charge >= 0.3 is 0 Å². The number of amides is 2. The van der Waals surface area contributed by atoms with Crippen LogP contribution >= 0.6 is 0 Å². The Bertz CT molecular complexity index is 1130. The first-order valence-electron chi connectivity index (χ1n) is 12.3. The minimum absolute atomic E-state index is 0.165. The molecule has 2 aromatic carbocycles. The summed E-state index contributed by atoms with van der Waals surface area (Å²) in [6, 6.07) is 22.3. The molecule has 0 unspecified atom stereocenters. The van der Waals surface area contributed by atoms with Gasteiger partial charge < -0.3 is 0 Å². The molecule has 0 atom stereocenters. The molecular formula is C29H34N2O2Si. The average molecular weight is 471 g/mol. The van der Waals surface area contributed by atoms with Gasteiger partial charge in [0.25, 0.3) is 11.8 Å². The number of fused-ring (bicyclic) bond motifs is 1. The first-order valence-corrected chi connectivity index (χ1v) is 14.5. The number of aromatic nitrogens is 1. The van der Waals surface area contributed by atoms with Gasteiger partial charge in [-0.05, 0) is 65.4 Å². The number of benzene rings is 2. The summed E-state index contributed by atoms with van der Waals surface area (Å²) >= 11 is 0. The highest BCUT2D eigenvalue weighted by Crippen LogP contribution is 2.33. The third-order valence-corrected chi connectivity index (χ3v) is 13.5. The predicted octanol–water partition coefficient (Wildman–Crippen LogP) is 5.08. The summed E-state index contributed by atoms with van der Waals surface area (Å²) in [6.07, 6.45) is 4.57. The van der Waals surface area contributed by atoms with Crippen LogP contribution in [0.2, 0.25) is 11.1 Å². The zero-order valence-corrected chi connectivity index (χ0v) is 21.6. The lowest BCUT2D eigenvalue weighted by atomic mass is 10.1. The number of unbranched alkanes of at least 4 members (excludes halogenated alkanes) is 1. The third kappa shape index (κ3) is 4.13. The molecule has 2 amide bonds. The standard InChI is InChI=1S/C29H34N2O2Si/c1-21(2)34(22(3)4,27-18-9-11-19-30-27)26-17-8-5-13-23(26)14-10-12-20-31-28(32)24-15-6-7-16-25(24)29(31)33/h5-9,11,13,15-19,21-22H,10,12,14,20H2,1-4H3. The van der Waals surface area contributed by atoms with Gasteiger partial charge in [-0.25, -0.2) is 0 Å². The van der Waals surface area contributed by atoms with Crippen LogP contribution < -0.4 is 10.5 Å². The van der Waals surface area contributed by atoms with E-state index in [4.69, 9.17) is 4.98 Å². The van der Waals surface area contributed by atoms with Gasteiger partial charge in [0, 0.05) is 18.1 Å². The molecule has 4 nitrogen and oxygen atoms in total. The normalized spacial score (nSPS) is 13.8. The second-order valence-corrected chi connectivity index (χ2v) is 14.9. The van der Waals surface area contributed by atoms with Crippen LogP contribution in [-0.4, -0.2) is 36.3 Å². The Morgan fingerprint density at radius 3 is 1.94 bits per heavy atom. The van der Waals surface area contributed by atoms with Gasteiger partial charge in [-0.1, -0.05) is 70.2 Å². The van der Waals surface area contributed by atoms with E-state index in [0.29, 0.717) is 28.8 Å². The topological polar surface area (TPSA) is 50.3 Å². The number of aryl methyl sites for hydroxylation is 1. The molecule has 5 heteroatoms. The van der Waals surface area contributed by atoms with Gasteiger partial charge in [-0.2, -0.15) is 0 Å². The lowest BCUT2D eigenvalue weighted by Crippen LogP contribution is -2.64. The summed E-state index contributed by atoms with van der Waals surface area (Å²) in [5.74, 6) is -0.329. The van der Waals surface area contributed by atoms with Crippen molar-refractivity contribution in [2.75, 3.05) is 6.54 Å². The molecule has 1 aliphatic rings. The molecule has 0 bridgehead atoms. The highest BCUT2D eigenvalue weighted by Gasteiger charge is 2.45. The molecule has 0 fully saturated rings. The highest BCUT2D eigenvalue weighted by molar-refractivity contribution is 7.03. The monoisotopic (exact) mass is 470 g/mol.